The van der Waals surface area contributed by atoms with Crippen LogP contribution in [0.2, 0.25) is 0 Å². The van der Waals surface area contributed by atoms with Crippen LogP contribution in [0.1, 0.15) is 31.4 Å². The summed E-state index contributed by atoms with van der Waals surface area (Å²) in [5.41, 5.74) is 6.97. The summed E-state index contributed by atoms with van der Waals surface area (Å²) in [5.74, 6) is 0. The summed E-state index contributed by atoms with van der Waals surface area (Å²) in [6, 6.07) is 17.5. The van der Waals surface area contributed by atoms with Gasteiger partial charge in [0.1, 0.15) is 0 Å². The summed E-state index contributed by atoms with van der Waals surface area (Å²) in [6.45, 7) is 6.75. The molecule has 3 rings (SSSR count). The van der Waals surface area contributed by atoms with Gasteiger partial charge in [0, 0.05) is 0 Å². The Morgan fingerprint density at radius 3 is 2.38 bits per heavy atom. The smallest absolute Gasteiger partial charge is 0.0109 e. The molecule has 0 aliphatic heterocycles. The van der Waals surface area contributed by atoms with Crippen LogP contribution in [0, 0.1) is 12.3 Å². The first-order chi connectivity index (χ1) is 10.1. The highest BCUT2D eigenvalue weighted by Crippen LogP contribution is 2.39. The molecular formula is C21H22. The van der Waals surface area contributed by atoms with Crippen molar-refractivity contribution in [3.8, 4) is 11.1 Å². The molecular weight excluding hydrogens is 252 g/mol. The Labute approximate surface area is 127 Å². The summed E-state index contributed by atoms with van der Waals surface area (Å²) in [5, 5.41) is 0. The first-order valence-corrected chi connectivity index (χ1v) is 7.60. The molecule has 2 aromatic carbocycles. The molecule has 2 aromatic rings. The number of benzene rings is 2. The predicted octanol–water partition coefficient (Wildman–Crippen LogP) is 6.03. The van der Waals surface area contributed by atoms with Crippen molar-refractivity contribution in [2.24, 2.45) is 5.41 Å². The van der Waals surface area contributed by atoms with Gasteiger partial charge < -0.3 is 0 Å². The highest BCUT2D eigenvalue weighted by Gasteiger charge is 2.21. The summed E-state index contributed by atoms with van der Waals surface area (Å²) in [4.78, 5) is 0. The lowest BCUT2D eigenvalue weighted by Crippen LogP contribution is -2.11. The predicted molar refractivity (Wildman–Crippen MR) is 92.1 cm³/mol. The largest absolute Gasteiger partial charge is 0.0785 e. The number of aryl methyl sites for hydroxylation is 1. The second kappa shape index (κ2) is 5.37. The third-order valence-electron chi connectivity index (χ3n) is 4.09. The molecule has 0 nitrogen and oxygen atoms in total. The van der Waals surface area contributed by atoms with Gasteiger partial charge in [0.2, 0.25) is 0 Å². The van der Waals surface area contributed by atoms with Crippen molar-refractivity contribution < 1.29 is 0 Å². The van der Waals surface area contributed by atoms with E-state index in [1.54, 1.807) is 0 Å². The molecule has 0 amide bonds. The van der Waals surface area contributed by atoms with E-state index >= 15 is 0 Å². The van der Waals surface area contributed by atoms with Gasteiger partial charge in [-0.15, -0.1) is 0 Å². The molecule has 0 aromatic heterocycles. The van der Waals surface area contributed by atoms with E-state index in [1.165, 1.54) is 27.8 Å². The van der Waals surface area contributed by atoms with Crippen LogP contribution in [-0.2, 0) is 0 Å². The van der Waals surface area contributed by atoms with Crippen molar-refractivity contribution >= 4 is 5.57 Å². The van der Waals surface area contributed by atoms with Gasteiger partial charge in [-0.3, -0.25) is 0 Å². The summed E-state index contributed by atoms with van der Waals surface area (Å²) in [6.07, 6.45) is 7.85. The number of rotatable bonds is 2. The lowest BCUT2D eigenvalue weighted by Gasteiger charge is -2.26. The lowest BCUT2D eigenvalue weighted by atomic mass is 9.78. The minimum atomic E-state index is 0.240. The first kappa shape index (κ1) is 13.9. The Hall–Kier alpha value is -2.08. The van der Waals surface area contributed by atoms with Crippen molar-refractivity contribution in [1.29, 1.82) is 0 Å². The quantitative estimate of drug-likeness (QED) is 0.627. The summed E-state index contributed by atoms with van der Waals surface area (Å²) >= 11 is 0. The minimum Gasteiger partial charge on any atom is -0.0785 e. The zero-order valence-electron chi connectivity index (χ0n) is 13.1. The highest BCUT2D eigenvalue weighted by molar-refractivity contribution is 5.82. The average molecular weight is 274 g/mol. The number of hydrogen-bond acceptors (Lipinski definition) is 0. The van der Waals surface area contributed by atoms with Gasteiger partial charge in [-0.2, -0.15) is 0 Å². The van der Waals surface area contributed by atoms with Gasteiger partial charge in [-0.05, 0) is 41.0 Å². The van der Waals surface area contributed by atoms with Gasteiger partial charge in [-0.1, -0.05) is 86.2 Å². The van der Waals surface area contributed by atoms with Crippen LogP contribution < -0.4 is 0 Å². The molecule has 1 aliphatic carbocycles. The molecule has 0 atom stereocenters. The molecule has 0 unspecified atom stereocenters. The molecule has 0 N–H and O–H groups in total. The topological polar surface area (TPSA) is 0 Å². The Morgan fingerprint density at radius 1 is 0.905 bits per heavy atom. The maximum absolute atomic E-state index is 2.30. The Balaban J connectivity index is 2.09. The molecule has 0 fully saturated rings. The maximum atomic E-state index is 2.30. The Bertz CT molecular complexity index is 714. The van der Waals surface area contributed by atoms with Gasteiger partial charge in [0.25, 0.3) is 0 Å². The normalized spacial score (nSPS) is 16.6. The molecule has 0 heterocycles. The second-order valence-corrected chi connectivity index (χ2v) is 6.63. The van der Waals surface area contributed by atoms with Crippen LogP contribution in [0.3, 0.4) is 0 Å². The molecule has 1 aliphatic rings. The fourth-order valence-corrected chi connectivity index (χ4v) is 3.05. The van der Waals surface area contributed by atoms with Crippen LogP contribution in [0.5, 0.6) is 0 Å². The Kier molecular flexibility index (Phi) is 3.55. The van der Waals surface area contributed by atoms with Crippen LogP contribution in [-0.4, -0.2) is 0 Å². The molecule has 21 heavy (non-hydrogen) atoms. The second-order valence-electron chi connectivity index (χ2n) is 6.63. The van der Waals surface area contributed by atoms with E-state index in [4.69, 9.17) is 0 Å². The van der Waals surface area contributed by atoms with E-state index in [9.17, 15) is 0 Å². The molecule has 0 bridgehead atoms. The van der Waals surface area contributed by atoms with Crippen molar-refractivity contribution in [1.82, 2.24) is 0 Å². The molecule has 106 valence electrons. The highest BCUT2D eigenvalue weighted by atomic mass is 14.3. The van der Waals surface area contributed by atoms with Gasteiger partial charge in [-0.25, -0.2) is 0 Å². The van der Waals surface area contributed by atoms with E-state index in [0.29, 0.717) is 0 Å². The monoisotopic (exact) mass is 274 g/mol. The van der Waals surface area contributed by atoms with Crippen LogP contribution in [0.4, 0.5) is 0 Å². The van der Waals surface area contributed by atoms with Crippen molar-refractivity contribution in [2.75, 3.05) is 0 Å². The fourth-order valence-electron chi connectivity index (χ4n) is 3.05. The number of allylic oxidation sites excluding steroid dienone is 4. The van der Waals surface area contributed by atoms with Crippen molar-refractivity contribution in [3.63, 3.8) is 0 Å². The minimum absolute atomic E-state index is 0.240. The Morgan fingerprint density at radius 2 is 1.67 bits per heavy atom. The fraction of sp³-hybridized carbons (Fsp3) is 0.238. The van der Waals surface area contributed by atoms with Gasteiger partial charge >= 0.3 is 0 Å². The zero-order chi connectivity index (χ0) is 14.9. The standard InChI is InChI=1S/C21H22/c1-16-8-6-9-17(14-16)19-11-4-5-12-20(19)18-10-7-13-21(2,3)15-18/h4-14H,15H2,1-3H3. The summed E-state index contributed by atoms with van der Waals surface area (Å²) < 4.78 is 0. The van der Waals surface area contributed by atoms with E-state index < -0.39 is 0 Å². The average Bonchev–Trinajstić information content (AvgIpc) is 2.46. The van der Waals surface area contributed by atoms with Gasteiger partial charge in [0.05, 0.1) is 0 Å². The zero-order valence-corrected chi connectivity index (χ0v) is 13.1. The van der Waals surface area contributed by atoms with Crippen LogP contribution >= 0.6 is 0 Å². The lowest BCUT2D eigenvalue weighted by molar-refractivity contribution is 0.492. The van der Waals surface area contributed by atoms with E-state index in [-0.39, 0.29) is 5.41 Å². The molecule has 0 spiro atoms. The maximum Gasteiger partial charge on any atom is -0.0109 e. The molecule has 0 saturated carbocycles. The van der Waals surface area contributed by atoms with Crippen molar-refractivity contribution in [2.45, 2.75) is 27.2 Å². The van der Waals surface area contributed by atoms with Crippen molar-refractivity contribution in [3.05, 3.63) is 77.9 Å². The van der Waals surface area contributed by atoms with E-state index in [2.05, 4.69) is 87.5 Å². The summed E-state index contributed by atoms with van der Waals surface area (Å²) in [7, 11) is 0. The number of hydrogen-bond donors (Lipinski definition) is 0. The van der Waals surface area contributed by atoms with Crippen LogP contribution in [0.25, 0.3) is 16.7 Å². The molecule has 0 saturated heterocycles. The van der Waals surface area contributed by atoms with Gasteiger partial charge in [0.15, 0.2) is 0 Å². The third kappa shape index (κ3) is 3.00. The van der Waals surface area contributed by atoms with E-state index in [0.717, 1.165) is 6.42 Å². The molecule has 0 heteroatoms. The van der Waals surface area contributed by atoms with E-state index in [1.807, 2.05) is 0 Å². The molecule has 0 radical (unpaired) electrons. The first-order valence-electron chi connectivity index (χ1n) is 7.60. The van der Waals surface area contributed by atoms with Crippen LogP contribution in [0.15, 0.2) is 66.8 Å². The SMILES string of the molecule is Cc1cccc(-c2ccccc2C2=CC=CC(C)(C)C2)c1. The third-order valence-corrected chi connectivity index (χ3v) is 4.09.